The van der Waals surface area contributed by atoms with E-state index in [0.29, 0.717) is 12.2 Å². The zero-order chi connectivity index (χ0) is 14.2. The number of anilines is 1. The molecule has 21 heavy (non-hydrogen) atoms. The van der Waals surface area contributed by atoms with Gasteiger partial charge in [-0.25, -0.2) is 9.97 Å². The van der Waals surface area contributed by atoms with E-state index in [4.69, 9.17) is 0 Å². The van der Waals surface area contributed by atoms with Crippen LogP contribution in [0.3, 0.4) is 0 Å². The quantitative estimate of drug-likeness (QED) is 0.788. The maximum absolute atomic E-state index is 11.4. The van der Waals surface area contributed by atoms with Gasteiger partial charge in [0.2, 0.25) is 5.91 Å². The Kier molecular flexibility index (Phi) is 2.79. The standard InChI is InChI=1S/C16H11N3OS/c20-14-7-11-6-12(8-17-15(11)19-14)13-9-21-16(18-13)10-4-2-1-3-5-10/h1-6,8-9H,7H2,(H,17,19,20). The van der Waals surface area contributed by atoms with Crippen LogP contribution in [0, 0.1) is 0 Å². The van der Waals surface area contributed by atoms with E-state index >= 15 is 0 Å². The van der Waals surface area contributed by atoms with Gasteiger partial charge in [-0.05, 0) is 6.07 Å². The number of nitrogens with zero attached hydrogens (tertiary/aromatic N) is 2. The average molecular weight is 293 g/mol. The summed E-state index contributed by atoms with van der Waals surface area (Å²) in [5.74, 6) is 0.667. The average Bonchev–Trinajstić information content (AvgIpc) is 3.12. The Morgan fingerprint density at radius 2 is 2.00 bits per heavy atom. The zero-order valence-electron chi connectivity index (χ0n) is 11.0. The molecule has 5 heteroatoms. The van der Waals surface area contributed by atoms with Crippen molar-refractivity contribution < 1.29 is 4.79 Å². The highest BCUT2D eigenvalue weighted by Gasteiger charge is 2.19. The van der Waals surface area contributed by atoms with Gasteiger partial charge in [0.25, 0.3) is 0 Å². The maximum atomic E-state index is 11.4. The van der Waals surface area contributed by atoms with E-state index in [9.17, 15) is 4.79 Å². The van der Waals surface area contributed by atoms with E-state index in [1.165, 1.54) is 0 Å². The highest BCUT2D eigenvalue weighted by molar-refractivity contribution is 7.13. The zero-order valence-corrected chi connectivity index (χ0v) is 11.9. The number of benzene rings is 1. The summed E-state index contributed by atoms with van der Waals surface area (Å²) in [4.78, 5) is 20.3. The highest BCUT2D eigenvalue weighted by atomic mass is 32.1. The van der Waals surface area contributed by atoms with Crippen LogP contribution in [0.5, 0.6) is 0 Å². The predicted octanol–water partition coefficient (Wildman–Crippen LogP) is 3.37. The molecule has 0 bridgehead atoms. The molecule has 2 aromatic heterocycles. The third-order valence-corrected chi connectivity index (χ3v) is 4.29. The number of fused-ring (bicyclic) bond motifs is 1. The molecule has 0 atom stereocenters. The first kappa shape index (κ1) is 12.2. The van der Waals surface area contributed by atoms with Gasteiger partial charge in [-0.1, -0.05) is 30.3 Å². The van der Waals surface area contributed by atoms with Crippen LogP contribution in [0.25, 0.3) is 21.8 Å². The molecule has 0 radical (unpaired) electrons. The van der Waals surface area contributed by atoms with Crippen LogP contribution >= 0.6 is 11.3 Å². The fourth-order valence-corrected chi connectivity index (χ4v) is 3.20. The van der Waals surface area contributed by atoms with Gasteiger partial charge in [-0.2, -0.15) is 0 Å². The number of pyridine rings is 1. The van der Waals surface area contributed by atoms with Crippen molar-refractivity contribution in [2.45, 2.75) is 6.42 Å². The third-order valence-electron chi connectivity index (χ3n) is 3.40. The molecule has 0 fully saturated rings. The minimum atomic E-state index is -0.00194. The fraction of sp³-hybridized carbons (Fsp3) is 0.0625. The molecule has 0 saturated heterocycles. The fourth-order valence-electron chi connectivity index (χ4n) is 2.37. The minimum absolute atomic E-state index is 0.00194. The Hall–Kier alpha value is -2.53. The number of hydrogen-bond acceptors (Lipinski definition) is 4. The number of hydrogen-bond donors (Lipinski definition) is 1. The number of amides is 1. The largest absolute Gasteiger partial charge is 0.310 e. The van der Waals surface area contributed by atoms with E-state index < -0.39 is 0 Å². The van der Waals surface area contributed by atoms with E-state index in [1.54, 1.807) is 17.5 Å². The first-order valence-electron chi connectivity index (χ1n) is 6.60. The van der Waals surface area contributed by atoms with Gasteiger partial charge in [0.05, 0.1) is 12.1 Å². The summed E-state index contributed by atoms with van der Waals surface area (Å²) >= 11 is 1.61. The molecule has 102 valence electrons. The normalized spacial score (nSPS) is 13.0. The molecule has 3 aromatic rings. The molecule has 0 spiro atoms. The summed E-state index contributed by atoms with van der Waals surface area (Å²) in [5.41, 5.74) is 3.89. The Morgan fingerprint density at radius 3 is 2.86 bits per heavy atom. The predicted molar refractivity (Wildman–Crippen MR) is 83.1 cm³/mol. The second-order valence-electron chi connectivity index (χ2n) is 4.86. The number of carbonyl (C=O) groups excluding carboxylic acids is 1. The van der Waals surface area contributed by atoms with Crippen LogP contribution < -0.4 is 5.32 Å². The Labute approximate surface area is 125 Å². The number of rotatable bonds is 2. The minimum Gasteiger partial charge on any atom is -0.310 e. The van der Waals surface area contributed by atoms with Crippen molar-refractivity contribution in [2.24, 2.45) is 0 Å². The summed E-state index contributed by atoms with van der Waals surface area (Å²) < 4.78 is 0. The lowest BCUT2D eigenvalue weighted by molar-refractivity contribution is -0.115. The summed E-state index contributed by atoms with van der Waals surface area (Å²) in [6.45, 7) is 0. The van der Waals surface area contributed by atoms with Crippen LogP contribution in [0.15, 0.2) is 48.0 Å². The third kappa shape index (κ3) is 2.21. The SMILES string of the molecule is O=C1Cc2cc(-c3csc(-c4ccccc4)n3)cnc2N1. The molecular weight excluding hydrogens is 282 g/mol. The van der Waals surface area contributed by atoms with Gasteiger partial charge in [0.15, 0.2) is 0 Å². The highest BCUT2D eigenvalue weighted by Crippen LogP contribution is 2.31. The van der Waals surface area contributed by atoms with Gasteiger partial charge >= 0.3 is 0 Å². The van der Waals surface area contributed by atoms with Gasteiger partial charge in [0, 0.05) is 28.3 Å². The Bertz CT molecular complexity index is 827. The molecular formula is C16H11N3OS. The van der Waals surface area contributed by atoms with Crippen molar-refractivity contribution in [3.05, 3.63) is 53.5 Å². The lowest BCUT2D eigenvalue weighted by Gasteiger charge is -2.00. The number of thiazole rings is 1. The lowest BCUT2D eigenvalue weighted by atomic mass is 10.1. The molecule has 0 unspecified atom stereocenters. The molecule has 3 heterocycles. The second-order valence-corrected chi connectivity index (χ2v) is 5.72. The van der Waals surface area contributed by atoms with E-state index in [2.05, 4.69) is 15.3 Å². The van der Waals surface area contributed by atoms with E-state index in [-0.39, 0.29) is 5.91 Å². The van der Waals surface area contributed by atoms with Crippen molar-refractivity contribution in [2.75, 3.05) is 5.32 Å². The van der Waals surface area contributed by atoms with Gasteiger partial charge < -0.3 is 5.32 Å². The van der Waals surface area contributed by atoms with Gasteiger partial charge in [-0.15, -0.1) is 11.3 Å². The molecule has 1 N–H and O–H groups in total. The first-order chi connectivity index (χ1) is 10.3. The molecule has 1 aromatic carbocycles. The van der Waals surface area contributed by atoms with E-state index in [0.717, 1.165) is 27.4 Å². The topological polar surface area (TPSA) is 54.9 Å². The van der Waals surface area contributed by atoms with Crippen molar-refractivity contribution >= 4 is 23.1 Å². The van der Waals surface area contributed by atoms with Crippen LogP contribution in [0.2, 0.25) is 0 Å². The van der Waals surface area contributed by atoms with Crippen LogP contribution in [-0.2, 0) is 11.2 Å². The Morgan fingerprint density at radius 1 is 1.14 bits per heavy atom. The van der Waals surface area contributed by atoms with Crippen molar-refractivity contribution in [1.82, 2.24) is 9.97 Å². The lowest BCUT2D eigenvalue weighted by Crippen LogP contribution is -2.04. The Balaban J connectivity index is 1.71. The van der Waals surface area contributed by atoms with Crippen LogP contribution in [0.4, 0.5) is 5.82 Å². The summed E-state index contributed by atoms with van der Waals surface area (Å²) in [6, 6.07) is 12.1. The number of carbonyl (C=O) groups is 1. The molecule has 0 aliphatic carbocycles. The van der Waals surface area contributed by atoms with Crippen molar-refractivity contribution in [3.63, 3.8) is 0 Å². The maximum Gasteiger partial charge on any atom is 0.230 e. The second kappa shape index (κ2) is 4.79. The molecule has 0 saturated carbocycles. The van der Waals surface area contributed by atoms with Crippen molar-refractivity contribution in [3.8, 4) is 21.8 Å². The molecule has 1 aliphatic rings. The molecule has 1 aliphatic heterocycles. The van der Waals surface area contributed by atoms with E-state index in [1.807, 2.05) is 41.8 Å². The van der Waals surface area contributed by atoms with Gasteiger partial charge in [0.1, 0.15) is 10.8 Å². The van der Waals surface area contributed by atoms with Crippen LogP contribution in [-0.4, -0.2) is 15.9 Å². The molecule has 1 amide bonds. The first-order valence-corrected chi connectivity index (χ1v) is 7.48. The van der Waals surface area contributed by atoms with Crippen LogP contribution in [0.1, 0.15) is 5.56 Å². The number of aromatic nitrogens is 2. The number of nitrogens with one attached hydrogen (secondary N) is 1. The smallest absolute Gasteiger partial charge is 0.230 e. The molecule has 4 nitrogen and oxygen atoms in total. The monoisotopic (exact) mass is 293 g/mol. The summed E-state index contributed by atoms with van der Waals surface area (Å²) in [5, 5.41) is 5.75. The molecule has 4 rings (SSSR count). The van der Waals surface area contributed by atoms with Crippen molar-refractivity contribution in [1.29, 1.82) is 0 Å². The summed E-state index contributed by atoms with van der Waals surface area (Å²) in [6.07, 6.45) is 2.15. The van der Waals surface area contributed by atoms with Gasteiger partial charge in [-0.3, -0.25) is 4.79 Å². The summed E-state index contributed by atoms with van der Waals surface area (Å²) in [7, 11) is 0.